The summed E-state index contributed by atoms with van der Waals surface area (Å²) < 4.78 is 30.6. The molecule has 3 N–H and O–H groups in total. The van der Waals surface area contributed by atoms with E-state index in [4.69, 9.17) is 9.79 Å². The Balaban J connectivity index is 2.00. The Morgan fingerprint density at radius 3 is 2.55 bits per heavy atom. The van der Waals surface area contributed by atoms with E-state index >= 15 is 0 Å². The average molecular weight is 450 g/mol. The maximum atomic E-state index is 11.5. The fourth-order valence-electron chi connectivity index (χ4n) is 5.33. The Kier molecular flexibility index (Phi) is 7.83. The summed E-state index contributed by atoms with van der Waals surface area (Å²) in [6.45, 7) is 11.2. The molecule has 0 aliphatic heterocycles. The molecule has 0 radical (unpaired) electrons. The van der Waals surface area contributed by atoms with E-state index in [2.05, 4.69) is 42.6 Å². The van der Waals surface area contributed by atoms with E-state index in [0.29, 0.717) is 11.8 Å². The van der Waals surface area contributed by atoms with Crippen molar-refractivity contribution >= 4 is 15.6 Å². The lowest BCUT2D eigenvalue weighted by Crippen LogP contribution is -2.49. The van der Waals surface area contributed by atoms with Gasteiger partial charge in [0, 0.05) is 0 Å². The topological polar surface area (TPSA) is 113 Å². The molecule has 0 aromatic rings. The minimum atomic E-state index is -5.09. The van der Waals surface area contributed by atoms with Crippen LogP contribution >= 0.6 is 15.6 Å². The van der Waals surface area contributed by atoms with Crippen molar-refractivity contribution in [1.29, 1.82) is 0 Å². The van der Waals surface area contributed by atoms with E-state index in [1.807, 2.05) is 6.92 Å². The lowest BCUT2D eigenvalue weighted by molar-refractivity contribution is -0.0466. The molecule has 0 spiro atoms. The molecule has 0 saturated heterocycles. The predicted molar refractivity (Wildman–Crippen MR) is 113 cm³/mol. The number of phosphoric acid groups is 2. The largest absolute Gasteiger partial charge is 0.481 e. The van der Waals surface area contributed by atoms with E-state index in [1.165, 1.54) is 24.8 Å². The quantitative estimate of drug-likeness (QED) is 0.319. The monoisotopic (exact) mass is 450 g/mol. The molecule has 9 heteroatoms. The van der Waals surface area contributed by atoms with Crippen molar-refractivity contribution in [2.75, 3.05) is 6.61 Å². The van der Waals surface area contributed by atoms with Gasteiger partial charge in [0.2, 0.25) is 0 Å². The van der Waals surface area contributed by atoms with Gasteiger partial charge in [0.1, 0.15) is 0 Å². The van der Waals surface area contributed by atoms with Gasteiger partial charge in [-0.3, -0.25) is 4.52 Å². The van der Waals surface area contributed by atoms with Crippen LogP contribution < -0.4 is 0 Å². The Labute approximate surface area is 174 Å². The van der Waals surface area contributed by atoms with Crippen molar-refractivity contribution < 1.29 is 32.6 Å². The van der Waals surface area contributed by atoms with Crippen LogP contribution in [-0.2, 0) is 18.0 Å². The van der Waals surface area contributed by atoms with E-state index < -0.39 is 15.6 Å². The summed E-state index contributed by atoms with van der Waals surface area (Å²) in [5.74, 6) is 1.27. The third kappa shape index (κ3) is 6.13. The fourth-order valence-corrected chi connectivity index (χ4v) is 6.86. The SMILES string of the molecule is CC1=CCC[C@H]2[C@@](C)(CC/C(C)=C/COP(=O)(O)OP(=O)(O)O)[C@H](C)CC[C@]12C. The molecule has 1 fully saturated rings. The zero-order valence-corrected chi connectivity index (χ0v) is 19.9. The van der Waals surface area contributed by atoms with Crippen LogP contribution in [-0.4, -0.2) is 21.3 Å². The van der Waals surface area contributed by atoms with Crippen LogP contribution in [0.25, 0.3) is 0 Å². The van der Waals surface area contributed by atoms with Crippen LogP contribution in [0.5, 0.6) is 0 Å². The van der Waals surface area contributed by atoms with E-state index in [1.54, 1.807) is 6.08 Å². The second kappa shape index (κ2) is 9.08. The van der Waals surface area contributed by atoms with Crippen molar-refractivity contribution in [3.63, 3.8) is 0 Å². The molecular formula is C20H36O7P2. The molecular weight excluding hydrogens is 414 g/mol. The molecule has 0 heterocycles. The molecule has 0 bridgehead atoms. The van der Waals surface area contributed by atoms with Crippen LogP contribution in [0.2, 0.25) is 0 Å². The highest BCUT2D eigenvalue weighted by Gasteiger charge is 2.52. The summed E-state index contributed by atoms with van der Waals surface area (Å²) >= 11 is 0. The summed E-state index contributed by atoms with van der Waals surface area (Å²) in [7, 11) is -9.88. The van der Waals surface area contributed by atoms with Crippen molar-refractivity contribution in [1.82, 2.24) is 0 Å². The highest BCUT2D eigenvalue weighted by molar-refractivity contribution is 7.60. The third-order valence-corrected chi connectivity index (χ3v) is 9.68. The molecule has 1 saturated carbocycles. The van der Waals surface area contributed by atoms with Gasteiger partial charge in [0.15, 0.2) is 0 Å². The van der Waals surface area contributed by atoms with Crippen molar-refractivity contribution in [2.24, 2.45) is 22.7 Å². The maximum Gasteiger partial charge on any atom is 0.481 e. The Morgan fingerprint density at radius 2 is 1.93 bits per heavy atom. The number of phosphoric ester groups is 1. The lowest BCUT2D eigenvalue weighted by atomic mass is 9.47. The second-order valence-corrected chi connectivity index (χ2v) is 12.1. The Hall–Kier alpha value is -0.260. The summed E-state index contributed by atoms with van der Waals surface area (Å²) in [5, 5.41) is 0. The lowest BCUT2D eigenvalue weighted by Gasteiger charge is -2.58. The second-order valence-electron chi connectivity index (χ2n) is 9.27. The van der Waals surface area contributed by atoms with Crippen LogP contribution in [0.4, 0.5) is 0 Å². The van der Waals surface area contributed by atoms with Gasteiger partial charge in [0.25, 0.3) is 0 Å². The molecule has 168 valence electrons. The van der Waals surface area contributed by atoms with E-state index in [0.717, 1.165) is 24.8 Å². The molecule has 5 atom stereocenters. The predicted octanol–water partition coefficient (Wildman–Crippen LogP) is 5.74. The van der Waals surface area contributed by atoms with Crippen LogP contribution in [0.1, 0.15) is 73.1 Å². The van der Waals surface area contributed by atoms with Crippen molar-refractivity contribution in [2.45, 2.75) is 73.1 Å². The highest BCUT2D eigenvalue weighted by Crippen LogP contribution is 2.62. The van der Waals surface area contributed by atoms with Gasteiger partial charge in [-0.05, 0) is 75.0 Å². The van der Waals surface area contributed by atoms with Gasteiger partial charge in [-0.1, -0.05) is 44.1 Å². The van der Waals surface area contributed by atoms with Gasteiger partial charge in [-0.25, -0.2) is 9.13 Å². The normalized spacial score (nSPS) is 35.6. The van der Waals surface area contributed by atoms with E-state index in [9.17, 15) is 14.0 Å². The zero-order valence-electron chi connectivity index (χ0n) is 18.1. The number of hydrogen-bond donors (Lipinski definition) is 3. The van der Waals surface area contributed by atoms with E-state index in [-0.39, 0.29) is 17.4 Å². The van der Waals surface area contributed by atoms with Gasteiger partial charge in [-0.2, -0.15) is 4.31 Å². The molecule has 2 aliphatic carbocycles. The standard InChI is InChI=1S/C20H36O7P2/c1-15(11-14-26-29(24,25)27-28(21,22)23)9-12-19(4)17(3)10-13-20(5)16(2)7-6-8-18(19)20/h7,11,17-18H,6,8-10,12-14H2,1-5H3,(H,24,25)(H2,21,22,23)/b15-11+/t17-,18+,19+,20-/m1/s1. The van der Waals surface area contributed by atoms with Crippen LogP contribution in [0, 0.1) is 22.7 Å². The summed E-state index contributed by atoms with van der Waals surface area (Å²) in [6, 6.07) is 0. The molecule has 2 aliphatic rings. The highest BCUT2D eigenvalue weighted by atomic mass is 31.3. The third-order valence-electron chi connectivity index (χ3n) is 7.53. The smallest absolute Gasteiger partial charge is 0.302 e. The number of fused-ring (bicyclic) bond motifs is 1. The first kappa shape index (κ1) is 25.0. The Bertz CT molecular complexity index is 756. The molecule has 2 rings (SSSR count). The summed E-state index contributed by atoms with van der Waals surface area (Å²) in [5.41, 5.74) is 3.03. The van der Waals surface area contributed by atoms with Crippen molar-refractivity contribution in [3.05, 3.63) is 23.3 Å². The molecule has 0 aromatic carbocycles. The molecule has 7 nitrogen and oxygen atoms in total. The summed E-state index contributed by atoms with van der Waals surface area (Å²) in [4.78, 5) is 26.6. The first-order valence-electron chi connectivity index (χ1n) is 10.3. The van der Waals surface area contributed by atoms with Gasteiger partial charge in [0.05, 0.1) is 6.61 Å². The summed E-state index contributed by atoms with van der Waals surface area (Å²) in [6.07, 6.45) is 10.8. The van der Waals surface area contributed by atoms with Crippen LogP contribution in [0.3, 0.4) is 0 Å². The molecule has 29 heavy (non-hydrogen) atoms. The average Bonchev–Trinajstić information content (AvgIpc) is 2.57. The number of allylic oxidation sites excluding steroid dienone is 3. The Morgan fingerprint density at radius 1 is 1.28 bits per heavy atom. The molecule has 1 unspecified atom stereocenters. The number of hydrogen-bond acceptors (Lipinski definition) is 4. The molecule has 0 amide bonds. The molecule has 0 aromatic heterocycles. The minimum absolute atomic E-state index is 0.217. The maximum absolute atomic E-state index is 11.5. The number of rotatable bonds is 8. The van der Waals surface area contributed by atoms with Crippen molar-refractivity contribution in [3.8, 4) is 0 Å². The van der Waals surface area contributed by atoms with Gasteiger partial charge in [-0.15, -0.1) is 0 Å². The van der Waals surface area contributed by atoms with Gasteiger partial charge >= 0.3 is 15.6 Å². The first-order chi connectivity index (χ1) is 13.2. The minimum Gasteiger partial charge on any atom is -0.302 e. The van der Waals surface area contributed by atoms with Crippen LogP contribution in [0.15, 0.2) is 23.3 Å². The first-order valence-corrected chi connectivity index (χ1v) is 13.3. The fraction of sp³-hybridized carbons (Fsp3) is 0.800. The van der Waals surface area contributed by atoms with Gasteiger partial charge < -0.3 is 14.7 Å². The zero-order chi connectivity index (χ0) is 22.1.